The Kier molecular flexibility index (Phi) is 3.05. The molecule has 0 spiro atoms. The summed E-state index contributed by atoms with van der Waals surface area (Å²) in [6.07, 6.45) is 0.208. The average molecular weight is 252 g/mol. The molecular weight excluding hydrogens is 224 g/mol. The quantitative estimate of drug-likeness (QED) is 0.837. The zero-order valence-corrected chi connectivity index (χ0v) is 12.9. The Morgan fingerprint density at radius 3 is 2.11 bits per heavy atom. The molecule has 1 amide bonds. The first-order valence-electron chi connectivity index (χ1n) is 7.17. The fourth-order valence-electron chi connectivity index (χ4n) is 3.55. The number of carbonyl (C=O) groups excluding carboxylic acids is 1. The lowest BCUT2D eigenvalue weighted by Crippen LogP contribution is -2.43. The molecule has 2 fully saturated rings. The van der Waals surface area contributed by atoms with E-state index in [9.17, 15) is 4.79 Å². The molecule has 3 nitrogen and oxygen atoms in total. The highest BCUT2D eigenvalue weighted by molar-refractivity contribution is 5.84. The minimum Gasteiger partial charge on any atom is -0.325 e. The Hall–Kier alpha value is -0.570. The summed E-state index contributed by atoms with van der Waals surface area (Å²) in [4.78, 5) is 14.3. The molecule has 1 saturated heterocycles. The van der Waals surface area contributed by atoms with Crippen molar-refractivity contribution in [2.75, 3.05) is 6.54 Å². The van der Waals surface area contributed by atoms with Crippen LogP contribution >= 0.6 is 0 Å². The number of rotatable bonds is 3. The second-order valence-electron chi connectivity index (χ2n) is 7.56. The van der Waals surface area contributed by atoms with Crippen LogP contribution in [-0.4, -0.2) is 29.6 Å². The van der Waals surface area contributed by atoms with Gasteiger partial charge in [-0.3, -0.25) is 10.1 Å². The lowest BCUT2D eigenvalue weighted by Gasteiger charge is -2.28. The first-order chi connectivity index (χ1) is 8.10. The van der Waals surface area contributed by atoms with Crippen molar-refractivity contribution in [3.05, 3.63) is 0 Å². The minimum absolute atomic E-state index is 0.0256. The maximum atomic E-state index is 12.3. The lowest BCUT2D eigenvalue weighted by atomic mass is 10.0. The Balaban J connectivity index is 2.11. The van der Waals surface area contributed by atoms with Gasteiger partial charge in [-0.25, -0.2) is 0 Å². The zero-order chi connectivity index (χ0) is 13.9. The van der Waals surface area contributed by atoms with E-state index >= 15 is 0 Å². The molecule has 0 aromatic rings. The predicted octanol–water partition coefficient (Wildman–Crippen LogP) is 2.47. The molecule has 0 bridgehead atoms. The Labute approximate surface area is 111 Å². The summed E-state index contributed by atoms with van der Waals surface area (Å²) in [5, 5.41) is 3.42. The third-order valence-electron chi connectivity index (χ3n) is 5.74. The molecule has 2 aliphatic rings. The minimum atomic E-state index is -0.0256. The molecule has 2 unspecified atom stereocenters. The van der Waals surface area contributed by atoms with E-state index in [1.54, 1.807) is 0 Å². The summed E-state index contributed by atoms with van der Waals surface area (Å²) in [6, 6.07) is -0.0256. The van der Waals surface area contributed by atoms with E-state index in [0.717, 1.165) is 6.54 Å². The van der Waals surface area contributed by atoms with Crippen molar-refractivity contribution in [3.63, 3.8) is 0 Å². The van der Waals surface area contributed by atoms with Gasteiger partial charge in [0.1, 0.15) is 0 Å². The maximum Gasteiger partial charge on any atom is 0.240 e. The van der Waals surface area contributed by atoms with Crippen LogP contribution in [0, 0.1) is 22.7 Å². The number of amides is 1. The Bertz CT molecular complexity index is 346. The fraction of sp³-hybridized carbons (Fsp3) is 0.933. The first-order valence-corrected chi connectivity index (χ1v) is 7.17. The number of carbonyl (C=O) groups is 1. The molecule has 104 valence electrons. The molecule has 1 heterocycles. The van der Waals surface area contributed by atoms with E-state index in [1.807, 2.05) is 6.92 Å². The molecular formula is C15H28N2O. The summed E-state index contributed by atoms with van der Waals surface area (Å²) in [7, 11) is 0. The van der Waals surface area contributed by atoms with Crippen molar-refractivity contribution in [1.29, 1.82) is 0 Å². The monoisotopic (exact) mass is 252 g/mol. The average Bonchev–Trinajstić information content (AvgIpc) is 2.52. The molecule has 3 heteroatoms. The van der Waals surface area contributed by atoms with Crippen molar-refractivity contribution in [2.24, 2.45) is 22.7 Å². The maximum absolute atomic E-state index is 12.3. The van der Waals surface area contributed by atoms with Gasteiger partial charge in [0, 0.05) is 6.54 Å². The summed E-state index contributed by atoms with van der Waals surface area (Å²) in [6.45, 7) is 16.5. The van der Waals surface area contributed by atoms with Crippen LogP contribution in [0.1, 0.15) is 48.5 Å². The van der Waals surface area contributed by atoms with Gasteiger partial charge in [-0.1, -0.05) is 41.5 Å². The topological polar surface area (TPSA) is 32.3 Å². The van der Waals surface area contributed by atoms with Crippen LogP contribution in [0.2, 0.25) is 0 Å². The van der Waals surface area contributed by atoms with E-state index in [0.29, 0.717) is 22.7 Å². The number of nitrogens with zero attached hydrogens (tertiary/aromatic N) is 1. The number of hydrogen-bond donors (Lipinski definition) is 1. The van der Waals surface area contributed by atoms with E-state index in [4.69, 9.17) is 0 Å². The molecule has 18 heavy (non-hydrogen) atoms. The molecule has 0 radical (unpaired) electrons. The summed E-state index contributed by atoms with van der Waals surface area (Å²) in [5.74, 6) is 1.35. The predicted molar refractivity (Wildman–Crippen MR) is 74.0 cm³/mol. The van der Waals surface area contributed by atoms with Crippen LogP contribution in [-0.2, 0) is 4.79 Å². The second-order valence-corrected chi connectivity index (χ2v) is 7.56. The molecule has 1 N–H and O–H groups in total. The zero-order valence-electron chi connectivity index (χ0n) is 12.9. The standard InChI is InChI=1S/C15H28N2O/c1-9(2)12-16-10(3)13(18)17(12)8-11-14(4,5)15(11,6)7/h9-12,16H,8H2,1-7H3. The van der Waals surface area contributed by atoms with Gasteiger partial charge in [-0.2, -0.15) is 0 Å². The van der Waals surface area contributed by atoms with E-state index in [-0.39, 0.29) is 18.1 Å². The van der Waals surface area contributed by atoms with E-state index < -0.39 is 0 Å². The van der Waals surface area contributed by atoms with Crippen LogP contribution < -0.4 is 5.32 Å². The van der Waals surface area contributed by atoms with Gasteiger partial charge < -0.3 is 4.90 Å². The van der Waals surface area contributed by atoms with Crippen LogP contribution in [0.5, 0.6) is 0 Å². The number of nitrogens with one attached hydrogen (secondary N) is 1. The summed E-state index contributed by atoms with van der Waals surface area (Å²) < 4.78 is 0. The molecule has 1 aliphatic carbocycles. The van der Waals surface area contributed by atoms with E-state index in [1.165, 1.54) is 0 Å². The Morgan fingerprint density at radius 2 is 1.72 bits per heavy atom. The van der Waals surface area contributed by atoms with E-state index in [2.05, 4.69) is 51.8 Å². The third-order valence-corrected chi connectivity index (χ3v) is 5.74. The normalized spacial score (nSPS) is 34.4. The van der Waals surface area contributed by atoms with Gasteiger partial charge in [-0.15, -0.1) is 0 Å². The highest BCUT2D eigenvalue weighted by Gasteiger charge is 2.65. The SMILES string of the molecule is CC1NC(C(C)C)N(CC2C(C)(C)C2(C)C)C1=O. The van der Waals surface area contributed by atoms with Gasteiger partial charge >= 0.3 is 0 Å². The molecule has 0 aromatic carbocycles. The lowest BCUT2D eigenvalue weighted by molar-refractivity contribution is -0.130. The highest BCUT2D eigenvalue weighted by atomic mass is 16.2. The van der Waals surface area contributed by atoms with Gasteiger partial charge in [0.25, 0.3) is 0 Å². The molecule has 1 saturated carbocycles. The van der Waals surface area contributed by atoms with Gasteiger partial charge in [0.15, 0.2) is 0 Å². The van der Waals surface area contributed by atoms with Gasteiger partial charge in [0.2, 0.25) is 5.91 Å². The smallest absolute Gasteiger partial charge is 0.240 e. The van der Waals surface area contributed by atoms with Crippen molar-refractivity contribution in [2.45, 2.75) is 60.7 Å². The van der Waals surface area contributed by atoms with Crippen molar-refractivity contribution in [3.8, 4) is 0 Å². The van der Waals surface area contributed by atoms with Crippen LogP contribution in [0.4, 0.5) is 0 Å². The molecule has 2 atom stereocenters. The summed E-state index contributed by atoms with van der Waals surface area (Å²) in [5.41, 5.74) is 0.696. The summed E-state index contributed by atoms with van der Waals surface area (Å²) >= 11 is 0. The third kappa shape index (κ3) is 1.78. The molecule has 1 aliphatic heterocycles. The van der Waals surface area contributed by atoms with Crippen molar-refractivity contribution in [1.82, 2.24) is 10.2 Å². The van der Waals surface area contributed by atoms with Gasteiger partial charge in [0.05, 0.1) is 12.2 Å². The molecule has 2 rings (SSSR count). The fourth-order valence-corrected chi connectivity index (χ4v) is 3.55. The van der Waals surface area contributed by atoms with Crippen LogP contribution in [0.15, 0.2) is 0 Å². The Morgan fingerprint density at radius 1 is 1.22 bits per heavy atom. The number of hydrogen-bond acceptors (Lipinski definition) is 2. The second kappa shape index (κ2) is 3.96. The largest absolute Gasteiger partial charge is 0.325 e. The van der Waals surface area contributed by atoms with Gasteiger partial charge in [-0.05, 0) is 29.6 Å². The molecule has 0 aromatic heterocycles. The highest BCUT2D eigenvalue weighted by Crippen LogP contribution is 2.68. The van der Waals surface area contributed by atoms with Crippen molar-refractivity contribution >= 4 is 5.91 Å². The first kappa shape index (κ1) is 13.9. The van der Waals surface area contributed by atoms with Crippen LogP contribution in [0.3, 0.4) is 0 Å². The van der Waals surface area contributed by atoms with Crippen molar-refractivity contribution < 1.29 is 4.79 Å². The van der Waals surface area contributed by atoms with Crippen LogP contribution in [0.25, 0.3) is 0 Å².